The molecule has 0 N–H and O–H groups in total. The molecule has 0 saturated carbocycles. The van der Waals surface area contributed by atoms with Gasteiger partial charge in [0.25, 0.3) is 5.91 Å². The van der Waals surface area contributed by atoms with Gasteiger partial charge in [-0.05, 0) is 49.1 Å². The van der Waals surface area contributed by atoms with E-state index in [0.29, 0.717) is 16.9 Å². The number of thioether (sulfide) groups is 1. The predicted octanol–water partition coefficient (Wildman–Crippen LogP) is 4.06. The zero-order chi connectivity index (χ0) is 16.4. The first kappa shape index (κ1) is 16.7. The van der Waals surface area contributed by atoms with Crippen molar-refractivity contribution in [2.75, 3.05) is 19.8 Å². The van der Waals surface area contributed by atoms with Gasteiger partial charge >= 0.3 is 0 Å². The summed E-state index contributed by atoms with van der Waals surface area (Å²) >= 11 is 6.81. The van der Waals surface area contributed by atoms with E-state index in [0.717, 1.165) is 23.6 Å². The zero-order valence-corrected chi connectivity index (χ0v) is 15.3. The summed E-state index contributed by atoms with van der Waals surface area (Å²) in [5, 5.41) is 0. The summed E-state index contributed by atoms with van der Waals surface area (Å²) in [7, 11) is 0. The van der Waals surface area contributed by atoms with Gasteiger partial charge in [0.15, 0.2) is 0 Å². The second kappa shape index (κ2) is 7.16. The lowest BCUT2D eigenvalue weighted by Gasteiger charge is -2.22. The smallest absolute Gasteiger partial charge is 0.267 e. The number of thiocarbonyl (C=S) groups is 1. The maximum Gasteiger partial charge on any atom is 0.267 e. The van der Waals surface area contributed by atoms with E-state index in [1.165, 1.54) is 30.2 Å². The molecule has 1 aromatic rings. The Hall–Kier alpha value is -1.17. The Morgan fingerprint density at radius 3 is 2.48 bits per heavy atom. The molecule has 0 bridgehead atoms. The quantitative estimate of drug-likeness (QED) is 0.606. The van der Waals surface area contributed by atoms with Crippen LogP contribution >= 0.6 is 24.0 Å². The number of carbonyl (C=O) groups excluding carboxylic acids is 1. The Kier molecular flexibility index (Phi) is 5.19. The van der Waals surface area contributed by atoms with Crippen molar-refractivity contribution < 1.29 is 4.79 Å². The van der Waals surface area contributed by atoms with Crippen molar-refractivity contribution in [3.05, 3.63) is 40.3 Å². The maximum atomic E-state index is 12.6. The molecule has 2 saturated heterocycles. The first-order valence-corrected chi connectivity index (χ1v) is 9.35. The van der Waals surface area contributed by atoms with E-state index in [-0.39, 0.29) is 5.91 Å². The molecule has 0 unspecified atom stereocenters. The summed E-state index contributed by atoms with van der Waals surface area (Å²) in [6.45, 7) is 7.12. The van der Waals surface area contributed by atoms with Crippen molar-refractivity contribution in [3.8, 4) is 0 Å². The van der Waals surface area contributed by atoms with Gasteiger partial charge in [0.2, 0.25) is 0 Å². The maximum absolute atomic E-state index is 12.6. The first-order chi connectivity index (χ1) is 11.0. The Labute approximate surface area is 147 Å². The lowest BCUT2D eigenvalue weighted by Crippen LogP contribution is -2.38. The largest absolute Gasteiger partial charge is 0.286 e. The number of nitrogens with zero attached hydrogens (tertiary/aromatic N) is 2. The molecule has 2 heterocycles. The van der Waals surface area contributed by atoms with E-state index >= 15 is 0 Å². The van der Waals surface area contributed by atoms with Crippen LogP contribution in [0, 0.1) is 0 Å². The van der Waals surface area contributed by atoms with Crippen molar-refractivity contribution in [2.45, 2.75) is 32.6 Å². The van der Waals surface area contributed by atoms with Crippen LogP contribution in [0.25, 0.3) is 6.08 Å². The summed E-state index contributed by atoms with van der Waals surface area (Å²) in [6.07, 6.45) is 4.38. The molecular formula is C18H22N2OS2. The first-order valence-electron chi connectivity index (χ1n) is 8.12. The van der Waals surface area contributed by atoms with E-state index in [1.807, 2.05) is 6.08 Å². The van der Waals surface area contributed by atoms with E-state index in [4.69, 9.17) is 12.2 Å². The van der Waals surface area contributed by atoms with Gasteiger partial charge in [-0.25, -0.2) is 0 Å². The Bertz CT molecular complexity index is 631. The van der Waals surface area contributed by atoms with E-state index in [2.05, 4.69) is 43.0 Å². The molecule has 0 atom stereocenters. The van der Waals surface area contributed by atoms with Gasteiger partial charge in [-0.1, -0.05) is 62.1 Å². The summed E-state index contributed by atoms with van der Waals surface area (Å²) in [4.78, 5) is 17.4. The van der Waals surface area contributed by atoms with Crippen LogP contribution in [0.4, 0.5) is 0 Å². The Morgan fingerprint density at radius 2 is 1.87 bits per heavy atom. The van der Waals surface area contributed by atoms with Gasteiger partial charge in [0.1, 0.15) is 4.32 Å². The highest BCUT2D eigenvalue weighted by Gasteiger charge is 2.33. The van der Waals surface area contributed by atoms with Crippen molar-refractivity contribution in [1.29, 1.82) is 0 Å². The summed E-state index contributed by atoms with van der Waals surface area (Å²) in [5.41, 5.74) is 2.36. The van der Waals surface area contributed by atoms with Gasteiger partial charge < -0.3 is 0 Å². The van der Waals surface area contributed by atoms with Crippen molar-refractivity contribution >= 4 is 40.3 Å². The molecule has 122 valence electrons. The molecule has 0 radical (unpaired) electrons. The number of carbonyl (C=O) groups is 1. The van der Waals surface area contributed by atoms with E-state index in [1.54, 1.807) is 4.90 Å². The third kappa shape index (κ3) is 3.84. The van der Waals surface area contributed by atoms with E-state index < -0.39 is 0 Å². The van der Waals surface area contributed by atoms with Crippen LogP contribution in [-0.2, 0) is 4.79 Å². The Balaban J connectivity index is 1.72. The minimum Gasteiger partial charge on any atom is -0.286 e. The molecule has 3 nitrogen and oxygen atoms in total. The molecule has 0 spiro atoms. The van der Waals surface area contributed by atoms with Crippen LogP contribution < -0.4 is 0 Å². The van der Waals surface area contributed by atoms with Crippen molar-refractivity contribution in [2.24, 2.45) is 0 Å². The molecule has 1 aromatic carbocycles. The van der Waals surface area contributed by atoms with Gasteiger partial charge in [-0.15, -0.1) is 0 Å². The third-order valence-electron chi connectivity index (χ3n) is 4.31. The fourth-order valence-corrected chi connectivity index (χ4v) is 4.12. The number of hydrogen-bond acceptors (Lipinski definition) is 4. The second-order valence-electron chi connectivity index (χ2n) is 6.40. The molecule has 2 aliphatic heterocycles. The average molecular weight is 347 g/mol. The van der Waals surface area contributed by atoms with Crippen LogP contribution in [0.3, 0.4) is 0 Å². The normalized spacial score (nSPS) is 21.2. The highest BCUT2D eigenvalue weighted by Crippen LogP contribution is 2.33. The molecule has 2 fully saturated rings. The predicted molar refractivity (Wildman–Crippen MR) is 101 cm³/mol. The van der Waals surface area contributed by atoms with Crippen LogP contribution in [0.2, 0.25) is 0 Å². The van der Waals surface area contributed by atoms with E-state index in [9.17, 15) is 4.79 Å². The number of likely N-dealkylation sites (tertiary alicyclic amines) is 1. The zero-order valence-electron chi connectivity index (χ0n) is 13.6. The molecule has 0 aliphatic carbocycles. The summed E-state index contributed by atoms with van der Waals surface area (Å²) in [5.74, 6) is 0.558. The number of hydrogen-bond donors (Lipinski definition) is 0. The minimum atomic E-state index is 0.0415. The highest BCUT2D eigenvalue weighted by atomic mass is 32.2. The molecular weight excluding hydrogens is 324 g/mol. The molecule has 3 rings (SSSR count). The molecule has 2 aliphatic rings. The minimum absolute atomic E-state index is 0.0415. The lowest BCUT2D eigenvalue weighted by atomic mass is 10.0. The number of rotatable bonds is 4. The second-order valence-corrected chi connectivity index (χ2v) is 8.07. The fraction of sp³-hybridized carbons (Fsp3) is 0.444. The van der Waals surface area contributed by atoms with Crippen LogP contribution in [0.15, 0.2) is 29.2 Å². The highest BCUT2D eigenvalue weighted by molar-refractivity contribution is 8.26. The fourth-order valence-electron chi connectivity index (χ4n) is 2.87. The monoisotopic (exact) mass is 346 g/mol. The van der Waals surface area contributed by atoms with Gasteiger partial charge in [0.05, 0.1) is 11.6 Å². The van der Waals surface area contributed by atoms with Crippen LogP contribution in [-0.4, -0.2) is 39.8 Å². The topological polar surface area (TPSA) is 23.6 Å². The Morgan fingerprint density at radius 1 is 1.22 bits per heavy atom. The number of benzene rings is 1. The van der Waals surface area contributed by atoms with Gasteiger partial charge in [0, 0.05) is 0 Å². The molecule has 1 amide bonds. The molecule has 5 heteroatoms. The summed E-state index contributed by atoms with van der Waals surface area (Å²) < 4.78 is 0.673. The van der Waals surface area contributed by atoms with Crippen LogP contribution in [0.5, 0.6) is 0 Å². The molecule has 0 aromatic heterocycles. The summed E-state index contributed by atoms with van der Waals surface area (Å²) in [6, 6.07) is 8.40. The van der Waals surface area contributed by atoms with Crippen molar-refractivity contribution in [3.63, 3.8) is 0 Å². The molecule has 23 heavy (non-hydrogen) atoms. The van der Waals surface area contributed by atoms with Gasteiger partial charge in [-0.3, -0.25) is 14.6 Å². The van der Waals surface area contributed by atoms with Crippen molar-refractivity contribution in [1.82, 2.24) is 9.80 Å². The number of amides is 1. The standard InChI is InChI=1S/C18H22N2OS2/c1-13(2)15-7-5-14(6-8-15)11-16-17(21)20(18(22)23-16)12-19-9-3-4-10-19/h5-8,11,13H,3-4,9-10,12H2,1-2H3/b16-11-. The van der Waals surface area contributed by atoms with Crippen LogP contribution in [0.1, 0.15) is 43.7 Å². The third-order valence-corrected chi connectivity index (χ3v) is 5.69. The average Bonchev–Trinajstić information content (AvgIpc) is 3.12. The van der Waals surface area contributed by atoms with Gasteiger partial charge in [-0.2, -0.15) is 0 Å². The SMILES string of the molecule is CC(C)c1ccc(/C=C2\SC(=S)N(CN3CCCC3)C2=O)cc1. The lowest BCUT2D eigenvalue weighted by molar-refractivity contribution is -0.123.